The molecule has 0 heterocycles. The van der Waals surface area contributed by atoms with E-state index in [1.165, 1.54) is 0 Å². The van der Waals surface area contributed by atoms with E-state index in [1.54, 1.807) is 31.4 Å². The summed E-state index contributed by atoms with van der Waals surface area (Å²) in [6.07, 6.45) is 1.23. The molecule has 0 aromatic heterocycles. The van der Waals surface area contributed by atoms with Gasteiger partial charge in [-0.25, -0.2) is 0 Å². The predicted octanol–water partition coefficient (Wildman–Crippen LogP) is 4.32. The molecule has 2 aromatic carbocycles. The minimum absolute atomic E-state index is 0.343. The van der Waals surface area contributed by atoms with Crippen LogP contribution in [0.1, 0.15) is 29.5 Å². The minimum atomic E-state index is -0.892. The molecule has 0 saturated heterocycles. The lowest BCUT2D eigenvalue weighted by atomic mass is 9.90. The lowest BCUT2D eigenvalue weighted by Crippen LogP contribution is -2.15. The summed E-state index contributed by atoms with van der Waals surface area (Å²) in [5.74, 6) is -0.887. The predicted molar refractivity (Wildman–Crippen MR) is 87.9 cm³/mol. The summed E-state index contributed by atoms with van der Waals surface area (Å²) in [5, 5.41) is 10.1. The fraction of sp³-hybridized carbons (Fsp3) is 0.278. The van der Waals surface area contributed by atoms with E-state index in [2.05, 4.69) is 6.92 Å². The van der Waals surface area contributed by atoms with Gasteiger partial charge in [-0.15, -0.1) is 0 Å². The largest absolute Gasteiger partial charge is 0.496 e. The van der Waals surface area contributed by atoms with Gasteiger partial charge in [0.05, 0.1) is 13.0 Å². The zero-order valence-electron chi connectivity index (χ0n) is 12.7. The molecule has 0 aliphatic heterocycles. The lowest BCUT2D eigenvalue weighted by Gasteiger charge is -2.17. The molecule has 0 aliphatic rings. The van der Waals surface area contributed by atoms with E-state index in [0.717, 1.165) is 17.5 Å². The van der Waals surface area contributed by atoms with Crippen LogP contribution in [-0.4, -0.2) is 18.2 Å². The van der Waals surface area contributed by atoms with Gasteiger partial charge >= 0.3 is 5.97 Å². The van der Waals surface area contributed by atoms with Gasteiger partial charge in [-0.3, -0.25) is 4.79 Å². The first-order chi connectivity index (χ1) is 10.6. The summed E-state index contributed by atoms with van der Waals surface area (Å²) in [5.41, 5.74) is 2.66. The first kappa shape index (κ1) is 16.4. The normalized spacial score (nSPS) is 12.0. The molecule has 3 nitrogen and oxygen atoms in total. The minimum Gasteiger partial charge on any atom is -0.496 e. The molecule has 2 aromatic rings. The maximum atomic E-state index is 11.7. The van der Waals surface area contributed by atoms with Crippen molar-refractivity contribution in [3.63, 3.8) is 0 Å². The molecule has 116 valence electrons. The molecule has 1 N–H and O–H groups in total. The highest BCUT2D eigenvalue weighted by atomic mass is 35.5. The van der Waals surface area contributed by atoms with E-state index in [-0.39, 0.29) is 0 Å². The average Bonchev–Trinajstić information content (AvgIpc) is 2.53. The molecule has 0 spiro atoms. The Morgan fingerprint density at radius 2 is 2.00 bits per heavy atom. The second kappa shape index (κ2) is 7.32. The van der Waals surface area contributed by atoms with Crippen LogP contribution in [0.15, 0.2) is 42.5 Å². The summed E-state index contributed by atoms with van der Waals surface area (Å²) < 4.78 is 5.37. The summed E-state index contributed by atoms with van der Waals surface area (Å²) in [6.45, 7) is 2.06. The fourth-order valence-electron chi connectivity index (χ4n) is 2.52. The third kappa shape index (κ3) is 3.60. The van der Waals surface area contributed by atoms with Crippen molar-refractivity contribution in [2.75, 3.05) is 7.11 Å². The van der Waals surface area contributed by atoms with Crippen LogP contribution in [0.5, 0.6) is 5.75 Å². The molecule has 0 saturated carbocycles. The zero-order valence-corrected chi connectivity index (χ0v) is 13.4. The van der Waals surface area contributed by atoms with Gasteiger partial charge in [0.1, 0.15) is 5.75 Å². The standard InChI is InChI=1S/C18H19ClO3/c1-3-12-8-9-17(22-2)13(10-12)11-15(18(20)21)14-6-4-5-7-16(14)19/h4-10,15H,3,11H2,1-2H3,(H,20,21). The van der Waals surface area contributed by atoms with Crippen molar-refractivity contribution in [3.05, 3.63) is 64.2 Å². The molecule has 0 radical (unpaired) electrons. The van der Waals surface area contributed by atoms with Crippen molar-refractivity contribution >= 4 is 17.6 Å². The van der Waals surface area contributed by atoms with Crippen LogP contribution in [0.4, 0.5) is 0 Å². The van der Waals surface area contributed by atoms with Crippen molar-refractivity contribution in [2.45, 2.75) is 25.7 Å². The number of ether oxygens (including phenoxy) is 1. The maximum Gasteiger partial charge on any atom is 0.311 e. The van der Waals surface area contributed by atoms with E-state index < -0.39 is 11.9 Å². The second-order valence-corrected chi connectivity index (χ2v) is 5.52. The highest BCUT2D eigenvalue weighted by Gasteiger charge is 2.24. The molecular weight excluding hydrogens is 300 g/mol. The fourth-order valence-corrected chi connectivity index (χ4v) is 2.79. The van der Waals surface area contributed by atoms with E-state index in [4.69, 9.17) is 16.3 Å². The Kier molecular flexibility index (Phi) is 5.45. The van der Waals surface area contributed by atoms with Crippen molar-refractivity contribution in [1.82, 2.24) is 0 Å². The number of aryl methyl sites for hydroxylation is 1. The Morgan fingerprint density at radius 1 is 1.27 bits per heavy atom. The van der Waals surface area contributed by atoms with Crippen LogP contribution in [-0.2, 0) is 17.6 Å². The molecule has 4 heteroatoms. The van der Waals surface area contributed by atoms with Crippen LogP contribution >= 0.6 is 11.6 Å². The number of carbonyl (C=O) groups is 1. The Balaban J connectivity index is 2.41. The Bertz CT molecular complexity index is 667. The number of aliphatic carboxylic acids is 1. The number of carboxylic acids is 1. The Morgan fingerprint density at radius 3 is 2.59 bits per heavy atom. The third-order valence-corrected chi connectivity index (χ3v) is 4.10. The first-order valence-corrected chi connectivity index (χ1v) is 7.57. The van der Waals surface area contributed by atoms with Crippen LogP contribution in [0.25, 0.3) is 0 Å². The molecular formula is C18H19ClO3. The monoisotopic (exact) mass is 318 g/mol. The van der Waals surface area contributed by atoms with Gasteiger partial charge in [-0.2, -0.15) is 0 Å². The van der Waals surface area contributed by atoms with Crippen LogP contribution < -0.4 is 4.74 Å². The number of carboxylic acid groups (broad SMARTS) is 1. The molecule has 0 aliphatic carbocycles. The molecule has 0 bridgehead atoms. The summed E-state index contributed by atoms with van der Waals surface area (Å²) in [4.78, 5) is 11.7. The molecule has 22 heavy (non-hydrogen) atoms. The van der Waals surface area contributed by atoms with Gasteiger partial charge in [-0.05, 0) is 41.7 Å². The second-order valence-electron chi connectivity index (χ2n) is 5.12. The van der Waals surface area contributed by atoms with Crippen molar-refractivity contribution in [1.29, 1.82) is 0 Å². The summed E-state index contributed by atoms with van der Waals surface area (Å²) in [6, 6.07) is 13.0. The van der Waals surface area contributed by atoms with Gasteiger partial charge in [-0.1, -0.05) is 48.9 Å². The first-order valence-electron chi connectivity index (χ1n) is 7.19. The highest BCUT2D eigenvalue weighted by Crippen LogP contribution is 2.31. The number of hydrogen-bond donors (Lipinski definition) is 1. The number of hydrogen-bond acceptors (Lipinski definition) is 2. The highest BCUT2D eigenvalue weighted by molar-refractivity contribution is 6.31. The van der Waals surface area contributed by atoms with Gasteiger partial charge < -0.3 is 9.84 Å². The summed E-state index contributed by atoms with van der Waals surface area (Å²) in [7, 11) is 1.59. The van der Waals surface area contributed by atoms with Crippen molar-refractivity contribution < 1.29 is 14.6 Å². The Labute approximate surface area is 135 Å². The zero-order chi connectivity index (χ0) is 16.1. The van der Waals surface area contributed by atoms with Crippen molar-refractivity contribution in [2.24, 2.45) is 0 Å². The van der Waals surface area contributed by atoms with E-state index in [9.17, 15) is 9.90 Å². The molecule has 1 unspecified atom stereocenters. The Hall–Kier alpha value is -2.00. The van der Waals surface area contributed by atoms with Gasteiger partial charge in [0.25, 0.3) is 0 Å². The number of halogens is 1. The molecule has 2 rings (SSSR count). The molecule has 1 atom stereocenters. The van der Waals surface area contributed by atoms with Crippen LogP contribution in [0, 0.1) is 0 Å². The van der Waals surface area contributed by atoms with Gasteiger partial charge in [0.15, 0.2) is 0 Å². The molecule has 0 fully saturated rings. The van der Waals surface area contributed by atoms with E-state index in [1.807, 2.05) is 18.2 Å². The number of benzene rings is 2. The topological polar surface area (TPSA) is 46.5 Å². The van der Waals surface area contributed by atoms with Crippen LogP contribution in [0.2, 0.25) is 5.02 Å². The summed E-state index contributed by atoms with van der Waals surface area (Å²) >= 11 is 6.17. The lowest BCUT2D eigenvalue weighted by molar-refractivity contribution is -0.138. The van der Waals surface area contributed by atoms with E-state index >= 15 is 0 Å². The van der Waals surface area contributed by atoms with Gasteiger partial charge in [0, 0.05) is 5.02 Å². The number of rotatable bonds is 6. The maximum absolute atomic E-state index is 11.7. The van der Waals surface area contributed by atoms with E-state index in [0.29, 0.717) is 22.8 Å². The van der Waals surface area contributed by atoms with Crippen molar-refractivity contribution in [3.8, 4) is 5.75 Å². The average molecular weight is 319 g/mol. The number of methoxy groups -OCH3 is 1. The SMILES string of the molecule is CCc1ccc(OC)c(CC(C(=O)O)c2ccccc2Cl)c1. The quantitative estimate of drug-likeness (QED) is 0.862. The van der Waals surface area contributed by atoms with Crippen LogP contribution in [0.3, 0.4) is 0 Å². The van der Waals surface area contributed by atoms with Gasteiger partial charge in [0.2, 0.25) is 0 Å². The molecule has 0 amide bonds. The third-order valence-electron chi connectivity index (χ3n) is 3.76. The smallest absolute Gasteiger partial charge is 0.311 e.